The van der Waals surface area contributed by atoms with Gasteiger partial charge in [-0.3, -0.25) is 9.79 Å². The molecule has 0 saturated heterocycles. The third-order valence-electron chi connectivity index (χ3n) is 6.99. The summed E-state index contributed by atoms with van der Waals surface area (Å²) in [5.41, 5.74) is -2.39. The summed E-state index contributed by atoms with van der Waals surface area (Å²) in [6.45, 7) is 3.34. The predicted octanol–water partition coefficient (Wildman–Crippen LogP) is 4.13. The fraction of sp³-hybridized carbons (Fsp3) is 0.652. The van der Waals surface area contributed by atoms with Crippen LogP contribution >= 0.6 is 0 Å². The SMILES string of the molecule is CC(C)(COC1=CCC(C2CCC(C3NC=C(C4(C(F)(F)F)CC4)N3)C=N2)C=C1)C(=O)O. The van der Waals surface area contributed by atoms with Crippen LogP contribution in [0.3, 0.4) is 0 Å². The fourth-order valence-electron chi connectivity index (χ4n) is 4.41. The second-order valence-corrected chi connectivity index (χ2v) is 9.88. The van der Waals surface area contributed by atoms with Crippen molar-refractivity contribution in [1.29, 1.82) is 0 Å². The van der Waals surface area contributed by atoms with Crippen LogP contribution in [-0.2, 0) is 9.53 Å². The number of rotatable bonds is 7. The molecule has 1 saturated carbocycles. The summed E-state index contributed by atoms with van der Waals surface area (Å²) >= 11 is 0. The molecule has 4 rings (SSSR count). The lowest BCUT2D eigenvalue weighted by Crippen LogP contribution is -2.44. The number of carbonyl (C=O) groups is 1. The van der Waals surface area contributed by atoms with E-state index in [-0.39, 0.29) is 49.2 Å². The highest BCUT2D eigenvalue weighted by molar-refractivity contribution is 5.73. The largest absolute Gasteiger partial charge is 0.493 e. The highest BCUT2D eigenvalue weighted by Crippen LogP contribution is 2.62. The van der Waals surface area contributed by atoms with Crippen LogP contribution in [0.2, 0.25) is 0 Å². The molecular formula is C23H30F3N3O3. The Hall–Kier alpha value is -2.45. The fourth-order valence-corrected chi connectivity index (χ4v) is 4.41. The van der Waals surface area contributed by atoms with E-state index < -0.39 is 23.0 Å². The van der Waals surface area contributed by atoms with E-state index in [0.29, 0.717) is 5.76 Å². The topological polar surface area (TPSA) is 83.0 Å². The number of alkyl halides is 3. The van der Waals surface area contributed by atoms with Crippen molar-refractivity contribution in [3.05, 3.63) is 35.9 Å². The van der Waals surface area contributed by atoms with Gasteiger partial charge in [-0.05, 0) is 58.1 Å². The van der Waals surface area contributed by atoms with Gasteiger partial charge in [-0.25, -0.2) is 0 Å². The highest BCUT2D eigenvalue weighted by Gasteiger charge is 2.66. The second kappa shape index (κ2) is 8.15. The Morgan fingerprint density at radius 2 is 2.03 bits per heavy atom. The average molecular weight is 454 g/mol. The van der Waals surface area contributed by atoms with Gasteiger partial charge in [-0.2, -0.15) is 13.2 Å². The van der Waals surface area contributed by atoms with Crippen molar-refractivity contribution in [3.8, 4) is 0 Å². The molecule has 4 aliphatic rings. The van der Waals surface area contributed by atoms with E-state index in [9.17, 15) is 23.1 Å². The Kier molecular flexibility index (Phi) is 5.79. The molecule has 0 bridgehead atoms. The van der Waals surface area contributed by atoms with E-state index in [2.05, 4.69) is 16.7 Å². The van der Waals surface area contributed by atoms with Gasteiger partial charge in [0.05, 0.1) is 11.5 Å². The van der Waals surface area contributed by atoms with Crippen LogP contribution in [-0.4, -0.2) is 42.3 Å². The molecule has 2 heterocycles. The quantitative estimate of drug-likeness (QED) is 0.540. The maximum absolute atomic E-state index is 13.4. The Morgan fingerprint density at radius 3 is 2.56 bits per heavy atom. The van der Waals surface area contributed by atoms with Crippen LogP contribution in [0.15, 0.2) is 40.9 Å². The van der Waals surface area contributed by atoms with E-state index in [1.165, 1.54) is 6.20 Å². The molecule has 4 atom stereocenters. The number of nitrogens with zero attached hydrogens (tertiary/aromatic N) is 1. The van der Waals surface area contributed by atoms with Crippen LogP contribution in [0.4, 0.5) is 13.2 Å². The number of aliphatic imine (C=N–C) groups is 1. The second-order valence-electron chi connectivity index (χ2n) is 9.88. The normalized spacial score (nSPS) is 31.3. The molecule has 2 aliphatic heterocycles. The molecule has 0 aromatic carbocycles. The van der Waals surface area contributed by atoms with Crippen molar-refractivity contribution in [2.75, 3.05) is 6.61 Å². The van der Waals surface area contributed by atoms with Crippen LogP contribution in [0.1, 0.15) is 46.0 Å². The number of aliphatic carboxylic acids is 1. The van der Waals surface area contributed by atoms with Crippen molar-refractivity contribution in [2.24, 2.45) is 27.7 Å². The zero-order chi connectivity index (χ0) is 23.1. The Bertz CT molecular complexity index is 871. The standard InChI is InChI=1S/C23H30F3N3O3/c1-21(2,20(30)31)13-32-16-6-3-14(4-7-16)17-8-5-15(11-27-17)19-28-12-18(29-19)22(9-10-22)23(24,25)26/h3,6-7,11-12,14-15,17,19,28-29H,4-5,8-10,13H2,1-2H3,(H,30,31). The lowest BCUT2D eigenvalue weighted by atomic mass is 9.85. The van der Waals surface area contributed by atoms with E-state index >= 15 is 0 Å². The zero-order valence-corrected chi connectivity index (χ0v) is 18.3. The van der Waals surface area contributed by atoms with Gasteiger partial charge >= 0.3 is 12.1 Å². The molecular weight excluding hydrogens is 423 g/mol. The van der Waals surface area contributed by atoms with Crippen molar-refractivity contribution in [1.82, 2.24) is 10.6 Å². The van der Waals surface area contributed by atoms with Crippen molar-refractivity contribution in [2.45, 2.75) is 64.3 Å². The number of ether oxygens (including phenoxy) is 1. The van der Waals surface area contributed by atoms with Gasteiger partial charge < -0.3 is 20.5 Å². The summed E-state index contributed by atoms with van der Waals surface area (Å²) in [6.07, 6.45) is 7.52. The number of carboxylic acid groups (broad SMARTS) is 1. The first-order chi connectivity index (χ1) is 15.0. The first-order valence-electron chi connectivity index (χ1n) is 11.1. The van der Waals surface area contributed by atoms with Gasteiger partial charge in [0.15, 0.2) is 0 Å². The highest BCUT2D eigenvalue weighted by atomic mass is 19.4. The van der Waals surface area contributed by atoms with Gasteiger partial charge in [0.2, 0.25) is 0 Å². The minimum Gasteiger partial charge on any atom is -0.493 e. The van der Waals surface area contributed by atoms with Gasteiger partial charge in [0.25, 0.3) is 0 Å². The molecule has 6 nitrogen and oxygen atoms in total. The number of halogens is 3. The Morgan fingerprint density at radius 1 is 1.28 bits per heavy atom. The number of hydrogen-bond donors (Lipinski definition) is 3. The summed E-state index contributed by atoms with van der Waals surface area (Å²) in [7, 11) is 0. The molecule has 32 heavy (non-hydrogen) atoms. The molecule has 0 spiro atoms. The minimum atomic E-state index is -4.22. The zero-order valence-electron chi connectivity index (χ0n) is 18.3. The van der Waals surface area contributed by atoms with Crippen LogP contribution in [0.5, 0.6) is 0 Å². The first-order valence-corrected chi connectivity index (χ1v) is 11.1. The van der Waals surface area contributed by atoms with Gasteiger partial charge in [0, 0.05) is 29.9 Å². The van der Waals surface area contributed by atoms with E-state index in [0.717, 1.165) is 19.3 Å². The molecule has 1 fully saturated rings. The van der Waals surface area contributed by atoms with E-state index in [1.807, 2.05) is 18.4 Å². The third-order valence-corrected chi connectivity index (χ3v) is 6.99. The lowest BCUT2D eigenvalue weighted by molar-refractivity contribution is -0.176. The molecule has 0 aromatic heterocycles. The Labute approximate surface area is 185 Å². The molecule has 0 radical (unpaired) electrons. The molecule has 176 valence electrons. The number of allylic oxidation sites excluding steroid dienone is 3. The first kappa shape index (κ1) is 22.7. The lowest BCUT2D eigenvalue weighted by Gasteiger charge is -2.31. The summed E-state index contributed by atoms with van der Waals surface area (Å²) in [4.78, 5) is 15.9. The van der Waals surface area contributed by atoms with Gasteiger partial charge in [-0.1, -0.05) is 6.08 Å². The number of hydrogen-bond acceptors (Lipinski definition) is 5. The average Bonchev–Trinajstić information content (AvgIpc) is 3.44. The van der Waals surface area contributed by atoms with Crippen LogP contribution in [0, 0.1) is 22.7 Å². The molecule has 9 heteroatoms. The molecule has 4 unspecified atom stereocenters. The van der Waals surface area contributed by atoms with Crippen molar-refractivity contribution < 1.29 is 27.8 Å². The van der Waals surface area contributed by atoms with E-state index in [4.69, 9.17) is 9.73 Å². The van der Waals surface area contributed by atoms with Crippen molar-refractivity contribution in [3.63, 3.8) is 0 Å². The summed E-state index contributed by atoms with van der Waals surface area (Å²) < 4.78 is 45.7. The predicted molar refractivity (Wildman–Crippen MR) is 114 cm³/mol. The van der Waals surface area contributed by atoms with Crippen LogP contribution < -0.4 is 10.6 Å². The van der Waals surface area contributed by atoms with Gasteiger partial charge in [-0.15, -0.1) is 0 Å². The number of nitrogens with one attached hydrogen (secondary N) is 2. The summed E-state index contributed by atoms with van der Waals surface area (Å²) in [5.74, 6) is 0.0282. The molecule has 0 aromatic rings. The maximum Gasteiger partial charge on any atom is 0.399 e. The Balaban J connectivity index is 1.26. The molecule has 3 N–H and O–H groups in total. The number of carboxylic acids is 1. The summed E-state index contributed by atoms with van der Waals surface area (Å²) in [6, 6.07) is 0.120. The minimum absolute atomic E-state index is 0.0318. The maximum atomic E-state index is 13.4. The molecule has 2 aliphatic carbocycles. The third kappa shape index (κ3) is 4.38. The van der Waals surface area contributed by atoms with Gasteiger partial charge in [0.1, 0.15) is 23.9 Å². The summed E-state index contributed by atoms with van der Waals surface area (Å²) in [5, 5.41) is 15.3. The van der Waals surface area contributed by atoms with E-state index in [1.54, 1.807) is 13.8 Å². The molecule has 0 amide bonds. The van der Waals surface area contributed by atoms with Crippen molar-refractivity contribution >= 4 is 12.2 Å². The van der Waals surface area contributed by atoms with Crippen LogP contribution in [0.25, 0.3) is 0 Å². The smallest absolute Gasteiger partial charge is 0.399 e. The monoisotopic (exact) mass is 453 g/mol.